The molecule has 1 aliphatic heterocycles. The average Bonchev–Trinajstić information content (AvgIpc) is 3.22. The molecular weight excluding hydrogens is 408 g/mol. The number of piperazine rings is 1. The Bertz CT molecular complexity index is 1040. The van der Waals surface area contributed by atoms with Crippen molar-refractivity contribution in [3.8, 4) is 5.69 Å². The Morgan fingerprint density at radius 1 is 0.935 bits per heavy atom. The number of hydrogen-bond acceptors (Lipinski definition) is 6. The second kappa shape index (κ2) is 9.62. The van der Waals surface area contributed by atoms with Gasteiger partial charge in [-0.25, -0.2) is 0 Å². The zero-order chi connectivity index (χ0) is 21.8. The fourth-order valence-corrected chi connectivity index (χ4v) is 4.73. The molecule has 0 radical (unpaired) electrons. The molecule has 2 heterocycles. The number of hydrogen-bond donors (Lipinski definition) is 0. The van der Waals surface area contributed by atoms with Crippen LogP contribution in [0.25, 0.3) is 5.69 Å². The van der Waals surface area contributed by atoms with Gasteiger partial charge in [0.2, 0.25) is 11.1 Å². The molecule has 1 amide bonds. The molecule has 1 saturated heterocycles. The summed E-state index contributed by atoms with van der Waals surface area (Å²) >= 11 is 1.40. The van der Waals surface area contributed by atoms with Crippen molar-refractivity contribution >= 4 is 17.7 Å². The number of carbonyl (C=O) groups is 1. The molecule has 4 rings (SSSR count). The van der Waals surface area contributed by atoms with Gasteiger partial charge in [-0.2, -0.15) is 4.68 Å². The van der Waals surface area contributed by atoms with Crippen LogP contribution in [0.1, 0.15) is 22.3 Å². The number of rotatable bonds is 6. The molecule has 1 aromatic heterocycles. The SMILES string of the molecule is Cc1ccccc1CN1CCN(C(=O)CSc2nnnn2-c2c(C)cccc2C)CC1. The van der Waals surface area contributed by atoms with E-state index in [9.17, 15) is 4.79 Å². The lowest BCUT2D eigenvalue weighted by molar-refractivity contribution is -0.130. The second-order valence-corrected chi connectivity index (χ2v) is 8.93. The second-order valence-electron chi connectivity index (χ2n) is 7.99. The van der Waals surface area contributed by atoms with Crippen molar-refractivity contribution in [1.29, 1.82) is 0 Å². The van der Waals surface area contributed by atoms with Gasteiger partial charge in [0.1, 0.15) is 0 Å². The first kappa shape index (κ1) is 21.5. The first-order valence-electron chi connectivity index (χ1n) is 10.6. The van der Waals surface area contributed by atoms with Gasteiger partial charge in [-0.15, -0.1) is 5.10 Å². The van der Waals surface area contributed by atoms with Crippen molar-refractivity contribution in [2.45, 2.75) is 32.5 Å². The van der Waals surface area contributed by atoms with Crippen molar-refractivity contribution in [2.24, 2.45) is 0 Å². The summed E-state index contributed by atoms with van der Waals surface area (Å²) in [6.45, 7) is 10.5. The van der Waals surface area contributed by atoms with E-state index in [1.165, 1.54) is 22.9 Å². The molecule has 1 aliphatic rings. The van der Waals surface area contributed by atoms with E-state index >= 15 is 0 Å². The fourth-order valence-electron chi connectivity index (χ4n) is 3.95. The topological polar surface area (TPSA) is 67.2 Å². The molecule has 0 unspecified atom stereocenters. The maximum Gasteiger partial charge on any atom is 0.233 e. The van der Waals surface area contributed by atoms with Gasteiger partial charge in [0, 0.05) is 32.7 Å². The van der Waals surface area contributed by atoms with Gasteiger partial charge in [0.25, 0.3) is 0 Å². The van der Waals surface area contributed by atoms with Gasteiger partial charge in [-0.1, -0.05) is 54.2 Å². The normalized spacial score (nSPS) is 14.7. The molecule has 1 fully saturated rings. The summed E-state index contributed by atoms with van der Waals surface area (Å²) in [5, 5.41) is 12.8. The minimum absolute atomic E-state index is 0.136. The van der Waals surface area contributed by atoms with Crippen LogP contribution in [0.4, 0.5) is 0 Å². The molecule has 162 valence electrons. The summed E-state index contributed by atoms with van der Waals surface area (Å²) < 4.78 is 1.74. The van der Waals surface area contributed by atoms with E-state index in [0.29, 0.717) is 10.9 Å². The molecule has 3 aromatic rings. The van der Waals surface area contributed by atoms with E-state index in [1.54, 1.807) is 4.68 Å². The van der Waals surface area contributed by atoms with E-state index < -0.39 is 0 Å². The van der Waals surface area contributed by atoms with Crippen LogP contribution < -0.4 is 0 Å². The van der Waals surface area contributed by atoms with E-state index in [2.05, 4.69) is 51.6 Å². The first-order valence-corrected chi connectivity index (χ1v) is 11.5. The number of tetrazole rings is 1. The maximum absolute atomic E-state index is 12.8. The molecule has 2 aromatic carbocycles. The molecular formula is C23H28N6OS. The molecule has 0 N–H and O–H groups in total. The summed E-state index contributed by atoms with van der Waals surface area (Å²) in [4.78, 5) is 17.2. The third-order valence-corrected chi connectivity index (χ3v) is 6.70. The third kappa shape index (κ3) is 4.97. The minimum atomic E-state index is 0.136. The predicted molar refractivity (Wildman–Crippen MR) is 122 cm³/mol. The van der Waals surface area contributed by atoms with Gasteiger partial charge < -0.3 is 4.90 Å². The van der Waals surface area contributed by atoms with E-state index in [1.807, 2.05) is 36.9 Å². The van der Waals surface area contributed by atoms with E-state index in [0.717, 1.165) is 49.5 Å². The van der Waals surface area contributed by atoms with Crippen LogP contribution >= 0.6 is 11.8 Å². The van der Waals surface area contributed by atoms with Crippen LogP contribution in [0.3, 0.4) is 0 Å². The Balaban J connectivity index is 1.32. The average molecular weight is 437 g/mol. The zero-order valence-electron chi connectivity index (χ0n) is 18.3. The summed E-state index contributed by atoms with van der Waals surface area (Å²) in [6.07, 6.45) is 0. The number of nitrogens with zero attached hydrogens (tertiary/aromatic N) is 6. The van der Waals surface area contributed by atoms with Crippen LogP contribution in [0.15, 0.2) is 47.6 Å². The largest absolute Gasteiger partial charge is 0.339 e. The molecule has 7 nitrogen and oxygen atoms in total. The number of thioether (sulfide) groups is 1. The first-order chi connectivity index (χ1) is 15.0. The third-order valence-electron chi connectivity index (χ3n) is 5.80. The van der Waals surface area contributed by atoms with Crippen LogP contribution in [0, 0.1) is 20.8 Å². The highest BCUT2D eigenvalue weighted by Crippen LogP contribution is 2.24. The van der Waals surface area contributed by atoms with Crippen molar-refractivity contribution in [1.82, 2.24) is 30.0 Å². The number of para-hydroxylation sites is 1. The van der Waals surface area contributed by atoms with Gasteiger partial charge in [0.15, 0.2) is 0 Å². The summed E-state index contributed by atoms with van der Waals surface area (Å²) in [5.74, 6) is 0.472. The predicted octanol–water partition coefficient (Wildman–Crippen LogP) is 3.02. The summed E-state index contributed by atoms with van der Waals surface area (Å²) in [6, 6.07) is 14.6. The van der Waals surface area contributed by atoms with Gasteiger partial charge in [-0.3, -0.25) is 9.69 Å². The van der Waals surface area contributed by atoms with Crippen LogP contribution in [0.2, 0.25) is 0 Å². The van der Waals surface area contributed by atoms with Crippen molar-refractivity contribution in [2.75, 3.05) is 31.9 Å². The van der Waals surface area contributed by atoms with E-state index in [4.69, 9.17) is 0 Å². The Morgan fingerprint density at radius 2 is 1.61 bits per heavy atom. The fraction of sp³-hybridized carbons (Fsp3) is 0.391. The summed E-state index contributed by atoms with van der Waals surface area (Å²) in [7, 11) is 0. The van der Waals surface area contributed by atoms with E-state index in [-0.39, 0.29) is 5.91 Å². The van der Waals surface area contributed by atoms with Gasteiger partial charge in [-0.05, 0) is 53.5 Å². The Hall–Kier alpha value is -2.71. The molecule has 0 spiro atoms. The van der Waals surface area contributed by atoms with Gasteiger partial charge >= 0.3 is 0 Å². The number of benzene rings is 2. The lowest BCUT2D eigenvalue weighted by Crippen LogP contribution is -2.48. The number of aromatic nitrogens is 4. The Morgan fingerprint density at radius 3 is 2.32 bits per heavy atom. The molecule has 8 heteroatoms. The van der Waals surface area contributed by atoms with Crippen LogP contribution in [-0.4, -0.2) is 67.8 Å². The maximum atomic E-state index is 12.8. The highest BCUT2D eigenvalue weighted by molar-refractivity contribution is 7.99. The molecule has 0 atom stereocenters. The quantitative estimate of drug-likeness (QED) is 0.554. The molecule has 0 bridgehead atoms. The van der Waals surface area contributed by atoms with Gasteiger partial charge in [0.05, 0.1) is 11.4 Å². The van der Waals surface area contributed by atoms with Crippen LogP contribution in [-0.2, 0) is 11.3 Å². The summed E-state index contributed by atoms with van der Waals surface area (Å²) in [5.41, 5.74) is 5.86. The lowest BCUT2D eigenvalue weighted by Gasteiger charge is -2.35. The smallest absolute Gasteiger partial charge is 0.233 e. The zero-order valence-corrected chi connectivity index (χ0v) is 19.1. The highest BCUT2D eigenvalue weighted by Gasteiger charge is 2.22. The number of aryl methyl sites for hydroxylation is 3. The molecule has 0 saturated carbocycles. The monoisotopic (exact) mass is 436 g/mol. The Kier molecular flexibility index (Phi) is 6.67. The van der Waals surface area contributed by atoms with Crippen molar-refractivity contribution < 1.29 is 4.79 Å². The molecule has 31 heavy (non-hydrogen) atoms. The van der Waals surface area contributed by atoms with Crippen molar-refractivity contribution in [3.63, 3.8) is 0 Å². The number of amides is 1. The lowest BCUT2D eigenvalue weighted by atomic mass is 10.1. The molecule has 0 aliphatic carbocycles. The van der Waals surface area contributed by atoms with Crippen molar-refractivity contribution in [3.05, 3.63) is 64.7 Å². The van der Waals surface area contributed by atoms with Crippen LogP contribution in [0.5, 0.6) is 0 Å². The Labute approximate surface area is 187 Å². The standard InChI is InChI=1S/C23H28N6OS/c1-17-7-4-5-10-20(17)15-27-11-13-28(14-12-27)21(30)16-31-23-24-25-26-29(23)22-18(2)8-6-9-19(22)3/h4-10H,11-16H2,1-3H3. The highest BCUT2D eigenvalue weighted by atomic mass is 32.2. The minimum Gasteiger partial charge on any atom is -0.339 e. The number of carbonyl (C=O) groups excluding carboxylic acids is 1.